The van der Waals surface area contributed by atoms with Crippen molar-refractivity contribution < 1.29 is 5.11 Å². The van der Waals surface area contributed by atoms with Crippen LogP contribution in [0.15, 0.2) is 17.1 Å². The topological polar surface area (TPSA) is 70.4 Å². The number of rotatable bonds is 1. The van der Waals surface area contributed by atoms with Crippen molar-refractivity contribution in [2.24, 2.45) is 0 Å². The number of hydrogen-bond donors (Lipinski definition) is 2. The van der Waals surface area contributed by atoms with Crippen molar-refractivity contribution in [1.82, 2.24) is 14.6 Å². The van der Waals surface area contributed by atoms with Crippen molar-refractivity contribution in [3.63, 3.8) is 0 Å². The van der Waals surface area contributed by atoms with Crippen molar-refractivity contribution in [3.8, 4) is 0 Å². The van der Waals surface area contributed by atoms with Gasteiger partial charge in [0.1, 0.15) is 11.3 Å². The van der Waals surface area contributed by atoms with Gasteiger partial charge in [-0.1, -0.05) is 11.6 Å². The van der Waals surface area contributed by atoms with E-state index in [1.54, 1.807) is 16.8 Å². The summed E-state index contributed by atoms with van der Waals surface area (Å²) in [5.41, 5.74) is 0.271. The number of aromatic nitrogens is 3. The predicted molar refractivity (Wildman–Crippen MR) is 60.9 cm³/mol. The van der Waals surface area contributed by atoms with Crippen LogP contribution in [0, 0.1) is 0 Å². The normalized spacial score (nSPS) is 14.7. The van der Waals surface area contributed by atoms with Gasteiger partial charge in [0.2, 0.25) is 0 Å². The maximum absolute atomic E-state index is 11.6. The molecule has 0 aromatic carbocycles. The third-order valence-corrected chi connectivity index (χ3v) is 2.76. The van der Waals surface area contributed by atoms with E-state index in [0.717, 1.165) is 25.8 Å². The van der Waals surface area contributed by atoms with E-state index < -0.39 is 0 Å². The van der Waals surface area contributed by atoms with E-state index in [4.69, 9.17) is 16.7 Å². The third-order valence-electron chi connectivity index (χ3n) is 2.45. The smallest absolute Gasteiger partial charge is 0.276 e. The molecule has 0 unspecified atom stereocenters. The van der Waals surface area contributed by atoms with Crippen molar-refractivity contribution in [1.29, 1.82) is 0 Å². The molecule has 16 heavy (non-hydrogen) atoms. The molecule has 6 heteroatoms. The van der Waals surface area contributed by atoms with Crippen LogP contribution in [0.25, 0.3) is 5.52 Å². The molecule has 0 amide bonds. The molecule has 0 spiro atoms. The van der Waals surface area contributed by atoms with E-state index in [2.05, 4.69) is 10.1 Å². The van der Waals surface area contributed by atoms with Gasteiger partial charge in [0.25, 0.3) is 5.56 Å². The van der Waals surface area contributed by atoms with Gasteiger partial charge in [-0.25, -0.2) is 4.52 Å². The lowest BCUT2D eigenvalue weighted by molar-refractivity contribution is 0.399. The summed E-state index contributed by atoms with van der Waals surface area (Å²) in [6.45, 7) is 0. The quantitative estimate of drug-likeness (QED) is 0.787. The first-order valence-electron chi connectivity index (χ1n) is 4.97. The molecule has 0 radical (unpaired) electrons. The molecule has 1 saturated carbocycles. The lowest BCUT2D eigenvalue weighted by atomic mass is 10.4. The van der Waals surface area contributed by atoms with Crippen LogP contribution in [0.2, 0.25) is 5.02 Å². The molecular formula is C10H12ClN3O2. The van der Waals surface area contributed by atoms with Crippen molar-refractivity contribution in [3.05, 3.63) is 33.5 Å². The molecule has 1 fully saturated rings. The zero-order chi connectivity index (χ0) is 11.7. The number of nitrogens with zero attached hydrogens (tertiary/aromatic N) is 2. The van der Waals surface area contributed by atoms with Gasteiger partial charge in [0, 0.05) is 19.2 Å². The number of aliphatic hydroxyl groups excluding tert-OH is 1. The molecule has 2 aromatic heterocycles. The van der Waals surface area contributed by atoms with Gasteiger partial charge < -0.3 is 10.1 Å². The van der Waals surface area contributed by atoms with Gasteiger partial charge in [0.15, 0.2) is 0 Å². The number of aliphatic hydroxyl groups is 1. The summed E-state index contributed by atoms with van der Waals surface area (Å²) in [6.07, 6.45) is 3.94. The summed E-state index contributed by atoms with van der Waals surface area (Å²) in [5.74, 6) is 1.21. The highest BCUT2D eigenvalue weighted by Crippen LogP contribution is 2.37. The Morgan fingerprint density at radius 3 is 2.88 bits per heavy atom. The Morgan fingerprint density at radius 2 is 2.25 bits per heavy atom. The molecule has 0 aliphatic heterocycles. The molecule has 0 bridgehead atoms. The lowest BCUT2D eigenvalue weighted by Crippen LogP contribution is -2.15. The first-order valence-corrected chi connectivity index (χ1v) is 5.35. The Labute approximate surface area is 96.7 Å². The van der Waals surface area contributed by atoms with Crippen LogP contribution >= 0.6 is 11.6 Å². The average molecular weight is 242 g/mol. The Hall–Kier alpha value is -1.33. The number of nitrogens with one attached hydrogen (secondary N) is 1. The van der Waals surface area contributed by atoms with Gasteiger partial charge in [-0.2, -0.15) is 5.10 Å². The van der Waals surface area contributed by atoms with Crippen LogP contribution < -0.4 is 5.56 Å². The maximum atomic E-state index is 11.6. The van der Waals surface area contributed by atoms with Gasteiger partial charge in [0.05, 0.1) is 5.02 Å². The summed E-state index contributed by atoms with van der Waals surface area (Å²) in [5, 5.41) is 11.7. The number of aromatic amines is 1. The first-order chi connectivity index (χ1) is 7.75. The highest BCUT2D eigenvalue weighted by molar-refractivity contribution is 6.33. The van der Waals surface area contributed by atoms with Crippen LogP contribution in [0.4, 0.5) is 0 Å². The largest absolute Gasteiger partial charge is 0.400 e. The fraction of sp³-hybridized carbons (Fsp3) is 0.400. The Balaban J connectivity index is 0.000000457. The molecular weight excluding hydrogens is 230 g/mol. The van der Waals surface area contributed by atoms with E-state index in [1.807, 2.05) is 0 Å². The molecule has 0 saturated heterocycles. The second-order valence-electron chi connectivity index (χ2n) is 3.57. The summed E-state index contributed by atoms with van der Waals surface area (Å²) >= 11 is 5.84. The van der Waals surface area contributed by atoms with Crippen molar-refractivity contribution >= 4 is 17.1 Å². The standard InChI is InChI=1S/C9H8ClN3O.CH4O/c10-6-3-4-13-7(6)9(14)11-8(12-13)5-1-2-5;1-2/h3-5H,1-2H2,(H,11,12,14);2H,1H3. The van der Waals surface area contributed by atoms with Crippen LogP contribution in [0.3, 0.4) is 0 Å². The summed E-state index contributed by atoms with van der Waals surface area (Å²) in [4.78, 5) is 14.4. The SMILES string of the molecule is CO.O=c1[nH]c(C2CC2)nn2ccc(Cl)c12. The summed E-state index contributed by atoms with van der Waals surface area (Å²) in [6, 6.07) is 1.68. The van der Waals surface area contributed by atoms with Crippen LogP contribution in [-0.4, -0.2) is 26.8 Å². The third kappa shape index (κ3) is 1.83. The van der Waals surface area contributed by atoms with Gasteiger partial charge in [-0.15, -0.1) is 0 Å². The number of H-pyrrole nitrogens is 1. The number of fused-ring (bicyclic) bond motifs is 1. The molecule has 2 heterocycles. The maximum Gasteiger partial charge on any atom is 0.276 e. The summed E-state index contributed by atoms with van der Waals surface area (Å²) in [7, 11) is 1.00. The zero-order valence-electron chi connectivity index (χ0n) is 8.77. The van der Waals surface area contributed by atoms with E-state index in [-0.39, 0.29) is 5.56 Å². The molecule has 5 nitrogen and oxygen atoms in total. The van der Waals surface area contributed by atoms with Crippen LogP contribution in [-0.2, 0) is 0 Å². The number of halogens is 1. The molecule has 1 aliphatic rings. The minimum absolute atomic E-state index is 0.156. The van der Waals surface area contributed by atoms with Gasteiger partial charge in [-0.05, 0) is 18.9 Å². The molecule has 2 N–H and O–H groups in total. The Kier molecular flexibility index (Phi) is 2.98. The van der Waals surface area contributed by atoms with E-state index in [9.17, 15) is 4.79 Å². The Morgan fingerprint density at radius 1 is 1.56 bits per heavy atom. The van der Waals surface area contributed by atoms with Gasteiger partial charge in [-0.3, -0.25) is 4.79 Å². The van der Waals surface area contributed by atoms with E-state index >= 15 is 0 Å². The fourth-order valence-electron chi connectivity index (χ4n) is 1.55. The fourth-order valence-corrected chi connectivity index (χ4v) is 1.78. The molecule has 0 atom stereocenters. The molecule has 3 rings (SSSR count). The lowest BCUT2D eigenvalue weighted by Gasteiger charge is -1.98. The molecule has 2 aromatic rings. The molecule has 86 valence electrons. The predicted octanol–water partition coefficient (Wildman–Crippen LogP) is 1.16. The van der Waals surface area contributed by atoms with Crippen LogP contribution in [0.5, 0.6) is 0 Å². The second-order valence-corrected chi connectivity index (χ2v) is 3.98. The second kappa shape index (κ2) is 4.27. The highest BCUT2D eigenvalue weighted by atomic mass is 35.5. The minimum Gasteiger partial charge on any atom is -0.400 e. The average Bonchev–Trinajstić information content (AvgIpc) is 3.07. The van der Waals surface area contributed by atoms with Crippen LogP contribution in [0.1, 0.15) is 24.6 Å². The van der Waals surface area contributed by atoms with Crippen molar-refractivity contribution in [2.75, 3.05) is 7.11 Å². The van der Waals surface area contributed by atoms with E-state index in [0.29, 0.717) is 16.5 Å². The minimum atomic E-state index is -0.156. The van der Waals surface area contributed by atoms with Gasteiger partial charge >= 0.3 is 0 Å². The first kappa shape index (κ1) is 11.2. The van der Waals surface area contributed by atoms with E-state index in [1.165, 1.54) is 0 Å². The number of hydrogen-bond acceptors (Lipinski definition) is 3. The Bertz CT molecular complexity index is 557. The van der Waals surface area contributed by atoms with Crippen molar-refractivity contribution in [2.45, 2.75) is 18.8 Å². The highest BCUT2D eigenvalue weighted by Gasteiger charge is 2.27. The zero-order valence-corrected chi connectivity index (χ0v) is 9.53. The summed E-state index contributed by atoms with van der Waals surface area (Å²) < 4.78 is 1.55. The molecule has 1 aliphatic carbocycles. The monoisotopic (exact) mass is 241 g/mol.